The van der Waals surface area contributed by atoms with E-state index in [-0.39, 0.29) is 216 Å². The zero-order valence-corrected chi connectivity index (χ0v) is 32.2. The molecule has 0 aromatic rings. The Labute approximate surface area is 316 Å². The van der Waals surface area contributed by atoms with E-state index < -0.39 is 31.3 Å². The van der Waals surface area contributed by atoms with Crippen LogP contribution in [0.4, 0.5) is 0 Å². The van der Waals surface area contributed by atoms with Gasteiger partial charge in [0.05, 0.1) is 0 Å². The molecule has 0 bridgehead atoms. The van der Waals surface area contributed by atoms with Crippen molar-refractivity contribution in [1.29, 1.82) is 0 Å². The summed E-state index contributed by atoms with van der Waals surface area (Å²) in [5.74, 6) is 0. The van der Waals surface area contributed by atoms with E-state index in [2.05, 4.69) is 0 Å². The Morgan fingerprint density at radius 2 is 0.333 bits per heavy atom. The minimum atomic E-state index is -5.39. The molecule has 0 saturated heterocycles. The van der Waals surface area contributed by atoms with Crippen LogP contribution in [0.1, 0.15) is 0 Å². The Kier molecular flexibility index (Phi) is 92.9. The summed E-state index contributed by atoms with van der Waals surface area (Å²) >= 11 is 0. The van der Waals surface area contributed by atoms with E-state index >= 15 is 0 Å². The van der Waals surface area contributed by atoms with Crippen LogP contribution < -0.4 is 58.7 Å². The number of hydrogen-bond donors (Lipinski definition) is 0. The molecular weight excluding hydrogens is 747 g/mol. The van der Waals surface area contributed by atoms with E-state index in [0.29, 0.717) is 0 Å². The van der Waals surface area contributed by atoms with Crippen LogP contribution in [-0.2, 0) is 18.3 Å². The van der Waals surface area contributed by atoms with Crippen molar-refractivity contribution in [3.05, 3.63) is 0 Å². The maximum absolute atomic E-state index is 8.55. The third-order valence-corrected chi connectivity index (χ3v) is 0. The molecule has 0 heterocycles. The topological polar surface area (TPSA) is 345 Å². The molecule has 0 aliphatic carbocycles. The van der Waals surface area contributed by atoms with Gasteiger partial charge in [0.25, 0.3) is 0 Å². The fourth-order valence-electron chi connectivity index (χ4n) is 0. The van der Waals surface area contributed by atoms with Crippen molar-refractivity contribution in [2.75, 3.05) is 0 Å². The minimum absolute atomic E-state index is 0. The molecule has 0 aliphatic heterocycles. The first-order valence-electron chi connectivity index (χ1n) is 2.92. The second-order valence-electron chi connectivity index (χ2n) is 1.79. The third kappa shape index (κ3) is 580. The fraction of sp³-hybridized carbons (Fsp3) is 0. The average Bonchev–Trinajstić information content (AvgIpc) is 1.62. The second-order valence-corrected chi connectivity index (χ2v) is 5.37. The SMILES string of the molecule is O=P([O-])([O-])[O-].O=P([O-])([O-])[O-].O=P([O-])([O-])[O-].O=P([O-])([O-])[O-].[Mg+2].[Mg+2].[Mg+2].[P].[Sr+2].[Sr+2].[Sr+2]. The van der Waals surface area contributed by atoms with Crippen molar-refractivity contribution < 1.29 is 77.0 Å². The molecular formula is Mg3O16P5Sr3. The monoisotopic (exact) mass is 746 g/mol. The van der Waals surface area contributed by atoms with Crippen molar-refractivity contribution in [1.82, 2.24) is 0 Å². The van der Waals surface area contributed by atoms with Crippen molar-refractivity contribution in [3.63, 3.8) is 0 Å². The van der Waals surface area contributed by atoms with E-state index in [1.54, 1.807) is 0 Å². The Balaban J connectivity index is -0.0000000129. The maximum Gasteiger partial charge on any atom is 2.00 e. The quantitative estimate of drug-likeness (QED) is 0.164. The zero-order valence-electron chi connectivity index (χ0n) is 13.0. The molecule has 0 aliphatic rings. The van der Waals surface area contributed by atoms with Crippen molar-refractivity contribution >= 4 is 247 Å². The molecule has 0 aromatic carbocycles. The van der Waals surface area contributed by atoms with E-state index in [4.69, 9.17) is 77.0 Å². The van der Waals surface area contributed by atoms with Gasteiger partial charge in [-0.05, 0) is 0 Å². The Morgan fingerprint density at radius 1 is 0.333 bits per heavy atom. The Hall–Kier alpha value is 7.61. The van der Waals surface area contributed by atoms with Crippen LogP contribution in [0.25, 0.3) is 0 Å². The van der Waals surface area contributed by atoms with E-state index in [1.165, 1.54) is 0 Å². The number of rotatable bonds is 0. The molecule has 0 N–H and O–H groups in total. The Morgan fingerprint density at radius 3 is 0.333 bits per heavy atom. The van der Waals surface area contributed by atoms with Gasteiger partial charge in [-0.3, -0.25) is 0 Å². The van der Waals surface area contributed by atoms with Gasteiger partial charge in [-0.2, -0.15) is 31.3 Å². The van der Waals surface area contributed by atoms with Crippen molar-refractivity contribution in [2.45, 2.75) is 0 Å². The van der Waals surface area contributed by atoms with E-state index in [0.717, 1.165) is 0 Å². The van der Waals surface area contributed by atoms with Crippen LogP contribution >= 0.6 is 41.2 Å². The molecule has 0 saturated carbocycles. The van der Waals surface area contributed by atoms with Crippen LogP contribution in [0.2, 0.25) is 0 Å². The summed E-state index contributed by atoms with van der Waals surface area (Å²) in [4.78, 5) is 103. The van der Waals surface area contributed by atoms with Gasteiger partial charge in [-0.1, -0.05) is 0 Å². The molecule has 0 spiro atoms. The van der Waals surface area contributed by atoms with Gasteiger partial charge in [0.1, 0.15) is 0 Å². The van der Waals surface area contributed by atoms with Crippen molar-refractivity contribution in [2.24, 2.45) is 0 Å². The molecule has 16 nitrogen and oxygen atoms in total. The summed E-state index contributed by atoms with van der Waals surface area (Å²) in [6.07, 6.45) is 0. The van der Waals surface area contributed by atoms with E-state index in [9.17, 15) is 0 Å². The molecule has 0 fully saturated rings. The van der Waals surface area contributed by atoms with Gasteiger partial charge in [0.2, 0.25) is 0 Å². The molecule has 0 atom stereocenters. The molecule has 27 heavy (non-hydrogen) atoms. The van der Waals surface area contributed by atoms with E-state index in [1.807, 2.05) is 0 Å². The first-order chi connectivity index (χ1) is 8.00. The molecule has 0 amide bonds. The van der Waals surface area contributed by atoms with Crippen LogP contribution in [0, 0.1) is 0 Å². The smallest absolute Gasteiger partial charge is 0.822 e. The predicted octanol–water partition coefficient (Wildman–Crippen LogP) is -12.7. The Bertz CT molecular complexity index is 308. The summed E-state index contributed by atoms with van der Waals surface area (Å²) in [6, 6.07) is 0. The molecule has 0 rings (SSSR count). The fourth-order valence-corrected chi connectivity index (χ4v) is 0. The van der Waals surface area contributed by atoms with Gasteiger partial charge >= 0.3 is 206 Å². The third-order valence-electron chi connectivity index (χ3n) is 0. The normalized spacial score (nSPS) is 8.74. The summed E-state index contributed by atoms with van der Waals surface area (Å²) < 4.78 is 34.2. The first-order valence-corrected chi connectivity index (χ1v) is 8.76. The van der Waals surface area contributed by atoms with Crippen LogP contribution in [0.3, 0.4) is 0 Å². The van der Waals surface area contributed by atoms with Crippen LogP contribution in [-0.4, -0.2) is 206 Å². The summed E-state index contributed by atoms with van der Waals surface area (Å²) in [5, 5.41) is 0. The van der Waals surface area contributed by atoms with Gasteiger partial charge in [0.15, 0.2) is 0 Å². The predicted molar refractivity (Wildman–Crippen MR) is 71.9 cm³/mol. The van der Waals surface area contributed by atoms with Crippen molar-refractivity contribution in [3.8, 4) is 0 Å². The summed E-state index contributed by atoms with van der Waals surface area (Å²) in [7, 11) is -21.6. The molecule has 0 unspecified atom stereocenters. The molecule has 0 aromatic heterocycles. The average molecular weight is 747 g/mol. The van der Waals surface area contributed by atoms with Gasteiger partial charge in [-0.15, -0.1) is 0 Å². The largest absolute Gasteiger partial charge is 2.00 e. The second kappa shape index (κ2) is 35.8. The summed E-state index contributed by atoms with van der Waals surface area (Å²) in [6.45, 7) is 0. The number of phosphoric acid groups is 4. The molecule has 133 valence electrons. The summed E-state index contributed by atoms with van der Waals surface area (Å²) in [5.41, 5.74) is 0. The molecule has 3 radical (unpaired) electrons. The zero-order chi connectivity index (χ0) is 18.0. The maximum atomic E-state index is 8.55. The standard InChI is InChI=1S/3Mg.4H3O4P.P.3Sr/c;;;4*1-5(2,3)4;;;;/h;;;4*(H3,1,2,3,4);;;;/q3*+2;;;;;;3*+2/p-12. The van der Waals surface area contributed by atoms with Gasteiger partial charge < -0.3 is 77.0 Å². The van der Waals surface area contributed by atoms with Crippen LogP contribution in [0.5, 0.6) is 0 Å². The molecule has 27 heteroatoms. The van der Waals surface area contributed by atoms with Gasteiger partial charge in [-0.25, -0.2) is 0 Å². The van der Waals surface area contributed by atoms with Crippen LogP contribution in [0.15, 0.2) is 0 Å². The first kappa shape index (κ1) is 70.1. The van der Waals surface area contributed by atoms with Gasteiger partial charge in [0, 0.05) is 9.90 Å². The number of hydrogen-bond acceptors (Lipinski definition) is 16. The minimum Gasteiger partial charge on any atom is -0.822 e.